The first-order valence-corrected chi connectivity index (χ1v) is 8.49. The lowest BCUT2D eigenvalue weighted by Gasteiger charge is -2.30. The molecule has 2 N–H and O–H groups in total. The fourth-order valence-electron chi connectivity index (χ4n) is 2.49. The quantitative estimate of drug-likeness (QED) is 0.622. The number of primary amides is 1. The van der Waals surface area contributed by atoms with Crippen LogP contribution in [0.5, 0.6) is 0 Å². The van der Waals surface area contributed by atoms with Gasteiger partial charge in [0.2, 0.25) is 5.91 Å². The largest absolute Gasteiger partial charge is 0.452 e. The van der Waals surface area contributed by atoms with Crippen molar-refractivity contribution in [1.82, 2.24) is 4.90 Å². The van der Waals surface area contributed by atoms with E-state index in [1.807, 2.05) is 0 Å². The second kappa shape index (κ2) is 8.87. The molecule has 0 aliphatic carbocycles. The SMILES string of the molecule is NC(=O)[C@@H]1CCCN(C(=O)COC(=O)/C=C/c2ccc(Cl)c(Cl)c2)C1. The van der Waals surface area contributed by atoms with Gasteiger partial charge in [-0.2, -0.15) is 0 Å². The van der Waals surface area contributed by atoms with E-state index in [-0.39, 0.29) is 25.0 Å². The molecule has 1 saturated heterocycles. The van der Waals surface area contributed by atoms with Crippen molar-refractivity contribution in [2.75, 3.05) is 19.7 Å². The molecule has 6 nitrogen and oxygen atoms in total. The Morgan fingerprint density at radius 3 is 2.72 bits per heavy atom. The number of piperidine rings is 1. The van der Waals surface area contributed by atoms with E-state index in [0.29, 0.717) is 35.0 Å². The minimum Gasteiger partial charge on any atom is -0.452 e. The zero-order valence-corrected chi connectivity index (χ0v) is 14.9. The summed E-state index contributed by atoms with van der Waals surface area (Å²) in [6.07, 6.45) is 4.09. The summed E-state index contributed by atoms with van der Waals surface area (Å²) in [6, 6.07) is 4.92. The van der Waals surface area contributed by atoms with E-state index in [1.165, 1.54) is 17.1 Å². The number of esters is 1. The number of nitrogens with two attached hydrogens (primary N) is 1. The van der Waals surface area contributed by atoms with Crippen molar-refractivity contribution in [1.29, 1.82) is 0 Å². The summed E-state index contributed by atoms with van der Waals surface area (Å²) in [4.78, 5) is 36.5. The van der Waals surface area contributed by atoms with Crippen LogP contribution in [0.4, 0.5) is 0 Å². The molecule has 1 aliphatic heterocycles. The molecule has 134 valence electrons. The van der Waals surface area contributed by atoms with Gasteiger partial charge in [-0.3, -0.25) is 9.59 Å². The van der Waals surface area contributed by atoms with Crippen LogP contribution in [0.1, 0.15) is 18.4 Å². The van der Waals surface area contributed by atoms with Crippen LogP contribution in [0, 0.1) is 5.92 Å². The third-order valence-electron chi connectivity index (χ3n) is 3.87. The Kier molecular flexibility index (Phi) is 6.84. The standard InChI is InChI=1S/C17H18Cl2N2O4/c18-13-5-3-11(8-14(13)19)4-6-16(23)25-10-15(22)21-7-1-2-12(9-21)17(20)24/h3-6,8,12H,1-2,7,9-10H2,(H2,20,24)/b6-4+/t12-/m1/s1. The van der Waals surface area contributed by atoms with E-state index in [0.717, 1.165) is 0 Å². The first-order chi connectivity index (χ1) is 11.9. The number of halogens is 2. The van der Waals surface area contributed by atoms with Gasteiger partial charge in [-0.05, 0) is 36.6 Å². The topological polar surface area (TPSA) is 89.7 Å². The first kappa shape index (κ1) is 19.3. The Morgan fingerprint density at radius 2 is 2.04 bits per heavy atom. The predicted molar refractivity (Wildman–Crippen MR) is 95.0 cm³/mol. The molecular formula is C17H18Cl2N2O4. The maximum absolute atomic E-state index is 12.1. The first-order valence-electron chi connectivity index (χ1n) is 7.74. The van der Waals surface area contributed by atoms with Crippen LogP contribution in [-0.4, -0.2) is 42.4 Å². The molecule has 0 spiro atoms. The van der Waals surface area contributed by atoms with Crippen molar-refractivity contribution in [2.45, 2.75) is 12.8 Å². The minimum atomic E-state index is -0.650. The molecule has 0 saturated carbocycles. The monoisotopic (exact) mass is 384 g/mol. The van der Waals surface area contributed by atoms with E-state index >= 15 is 0 Å². The van der Waals surface area contributed by atoms with Crippen molar-refractivity contribution >= 4 is 47.1 Å². The second-order valence-electron chi connectivity index (χ2n) is 5.70. The highest BCUT2D eigenvalue weighted by atomic mass is 35.5. The van der Waals surface area contributed by atoms with Crippen LogP contribution < -0.4 is 5.73 Å². The van der Waals surface area contributed by atoms with Gasteiger partial charge < -0.3 is 15.4 Å². The van der Waals surface area contributed by atoms with E-state index in [4.69, 9.17) is 33.7 Å². The third kappa shape index (κ3) is 5.76. The predicted octanol–water partition coefficient (Wildman–Crippen LogP) is 2.27. The molecule has 1 aliphatic rings. The molecule has 0 aromatic heterocycles. The van der Waals surface area contributed by atoms with Crippen LogP contribution in [-0.2, 0) is 19.1 Å². The molecule has 25 heavy (non-hydrogen) atoms. The Hall–Kier alpha value is -2.05. The van der Waals surface area contributed by atoms with Crippen LogP contribution in [0.25, 0.3) is 6.08 Å². The number of likely N-dealkylation sites (tertiary alicyclic amines) is 1. The molecular weight excluding hydrogens is 367 g/mol. The zero-order chi connectivity index (χ0) is 18.4. The Balaban J connectivity index is 1.82. The van der Waals surface area contributed by atoms with E-state index in [2.05, 4.69) is 0 Å². The van der Waals surface area contributed by atoms with Crippen molar-refractivity contribution in [3.8, 4) is 0 Å². The van der Waals surface area contributed by atoms with Gasteiger partial charge >= 0.3 is 5.97 Å². The Bertz CT molecular complexity index is 706. The smallest absolute Gasteiger partial charge is 0.331 e. The van der Waals surface area contributed by atoms with Crippen LogP contribution in [0.3, 0.4) is 0 Å². The fraction of sp³-hybridized carbons (Fsp3) is 0.353. The highest BCUT2D eigenvalue weighted by Crippen LogP contribution is 2.23. The van der Waals surface area contributed by atoms with Gasteiger partial charge in [0.1, 0.15) is 0 Å². The summed E-state index contributed by atoms with van der Waals surface area (Å²) in [6.45, 7) is 0.417. The van der Waals surface area contributed by atoms with E-state index in [9.17, 15) is 14.4 Å². The van der Waals surface area contributed by atoms with Crippen LogP contribution in [0.2, 0.25) is 10.0 Å². The molecule has 1 aromatic rings. The minimum absolute atomic E-state index is 0.269. The summed E-state index contributed by atoms with van der Waals surface area (Å²) in [5, 5.41) is 0.796. The highest BCUT2D eigenvalue weighted by molar-refractivity contribution is 6.42. The summed E-state index contributed by atoms with van der Waals surface area (Å²) in [7, 11) is 0. The zero-order valence-electron chi connectivity index (χ0n) is 13.4. The van der Waals surface area contributed by atoms with Gasteiger partial charge in [0.15, 0.2) is 6.61 Å². The average molecular weight is 385 g/mol. The molecule has 1 fully saturated rings. The molecule has 2 rings (SSSR count). The summed E-state index contributed by atoms with van der Waals surface area (Å²) in [5.41, 5.74) is 5.96. The molecule has 0 unspecified atom stereocenters. The Morgan fingerprint density at radius 1 is 1.28 bits per heavy atom. The highest BCUT2D eigenvalue weighted by Gasteiger charge is 2.27. The molecule has 2 amide bonds. The van der Waals surface area contributed by atoms with Crippen molar-refractivity contribution in [2.24, 2.45) is 11.7 Å². The summed E-state index contributed by atoms with van der Waals surface area (Å²) >= 11 is 11.7. The third-order valence-corrected chi connectivity index (χ3v) is 4.61. The number of carbonyl (C=O) groups excluding carboxylic acids is 3. The molecule has 1 aromatic carbocycles. The normalized spacial score (nSPS) is 17.5. The number of amides is 2. The number of benzene rings is 1. The number of ether oxygens (including phenoxy) is 1. The van der Waals surface area contributed by atoms with Crippen molar-refractivity contribution in [3.05, 3.63) is 39.9 Å². The van der Waals surface area contributed by atoms with Crippen LogP contribution >= 0.6 is 23.2 Å². The van der Waals surface area contributed by atoms with Crippen molar-refractivity contribution in [3.63, 3.8) is 0 Å². The van der Waals surface area contributed by atoms with Gasteiger partial charge in [0.25, 0.3) is 5.91 Å². The molecule has 0 radical (unpaired) electrons. The molecule has 0 bridgehead atoms. The number of hydrogen-bond acceptors (Lipinski definition) is 4. The number of nitrogens with zero attached hydrogens (tertiary/aromatic N) is 1. The number of hydrogen-bond donors (Lipinski definition) is 1. The maximum atomic E-state index is 12.1. The molecule has 1 heterocycles. The van der Waals surface area contributed by atoms with Crippen LogP contribution in [0.15, 0.2) is 24.3 Å². The van der Waals surface area contributed by atoms with Gasteiger partial charge in [-0.1, -0.05) is 29.3 Å². The lowest BCUT2D eigenvalue weighted by Crippen LogP contribution is -2.45. The summed E-state index contributed by atoms with van der Waals surface area (Å²) in [5.74, 6) is -1.76. The lowest BCUT2D eigenvalue weighted by atomic mass is 9.97. The second-order valence-corrected chi connectivity index (χ2v) is 6.51. The van der Waals surface area contributed by atoms with Gasteiger partial charge in [-0.15, -0.1) is 0 Å². The van der Waals surface area contributed by atoms with Gasteiger partial charge in [0.05, 0.1) is 16.0 Å². The van der Waals surface area contributed by atoms with Gasteiger partial charge in [0, 0.05) is 19.2 Å². The molecule has 1 atom stereocenters. The van der Waals surface area contributed by atoms with Gasteiger partial charge in [-0.25, -0.2) is 4.79 Å². The summed E-state index contributed by atoms with van der Waals surface area (Å²) < 4.78 is 4.94. The van der Waals surface area contributed by atoms with E-state index in [1.54, 1.807) is 18.2 Å². The number of carbonyl (C=O) groups is 3. The maximum Gasteiger partial charge on any atom is 0.331 e. The fourth-order valence-corrected chi connectivity index (χ4v) is 2.80. The molecule has 8 heteroatoms. The van der Waals surface area contributed by atoms with E-state index < -0.39 is 11.9 Å². The number of rotatable bonds is 5. The van der Waals surface area contributed by atoms with Crippen molar-refractivity contribution < 1.29 is 19.1 Å². The average Bonchev–Trinajstić information content (AvgIpc) is 2.60. The lowest BCUT2D eigenvalue weighted by molar-refractivity contribution is -0.149. The Labute approximate surface area is 155 Å².